The van der Waals surface area contributed by atoms with E-state index in [9.17, 15) is 13.6 Å². The van der Waals surface area contributed by atoms with Gasteiger partial charge < -0.3 is 4.74 Å². The van der Waals surface area contributed by atoms with E-state index in [2.05, 4.69) is 10.1 Å². The number of aryl methyl sites for hydroxylation is 2. The van der Waals surface area contributed by atoms with Gasteiger partial charge in [-0.2, -0.15) is 5.10 Å². The highest BCUT2D eigenvalue weighted by atomic mass is 35.5. The fraction of sp³-hybridized carbons (Fsp3) is 0.257. The largest absolute Gasteiger partial charge is 0.360 e. The molecule has 3 aromatic carbocycles. The number of thiazole rings is 1. The normalized spacial score (nSPS) is 12.8. The molecular weight excluding hydrogens is 614 g/mol. The number of halogens is 3. The number of carbonyl (C=O) groups is 1. The molecule has 45 heavy (non-hydrogen) atoms. The minimum Gasteiger partial charge on any atom is -0.360 e. The standard InChI is InChI=1S/C35H31ClF2N4O2S/c1-18-13-27-32(30(20-7-10-23(36)11-8-20)29(18)31(19(2)43)44-35(3,4)5)45-34(41-27)24-15-26(39-17-25(24)33(37)38)21-9-12-28-22(14-21)16-40-42(28)6/h7-17,31,33H,1-6H3/t31-/m1/s1. The Morgan fingerprint density at radius 2 is 1.73 bits per heavy atom. The van der Waals surface area contributed by atoms with Crippen LogP contribution in [0.5, 0.6) is 0 Å². The molecule has 3 aromatic heterocycles. The first-order chi connectivity index (χ1) is 21.3. The van der Waals surface area contributed by atoms with Crippen LogP contribution in [0.25, 0.3) is 54.1 Å². The third kappa shape index (κ3) is 6.00. The molecule has 0 amide bonds. The van der Waals surface area contributed by atoms with Gasteiger partial charge in [-0.15, -0.1) is 11.3 Å². The van der Waals surface area contributed by atoms with Crippen LogP contribution in [0.2, 0.25) is 5.02 Å². The van der Waals surface area contributed by atoms with E-state index in [0.717, 1.165) is 43.4 Å². The number of Topliss-reactive ketones (excluding diaryl/α,β-unsaturated/α-hetero) is 1. The maximum Gasteiger partial charge on any atom is 0.266 e. The molecule has 0 bridgehead atoms. The summed E-state index contributed by atoms with van der Waals surface area (Å²) in [5.41, 5.74) is 5.52. The van der Waals surface area contributed by atoms with Crippen LogP contribution >= 0.6 is 22.9 Å². The zero-order chi connectivity index (χ0) is 32.2. The van der Waals surface area contributed by atoms with Crippen molar-refractivity contribution in [3.8, 4) is 33.0 Å². The van der Waals surface area contributed by atoms with Gasteiger partial charge in [-0.3, -0.25) is 14.5 Å². The molecule has 6 nitrogen and oxygen atoms in total. The third-order valence-electron chi connectivity index (χ3n) is 7.61. The van der Waals surface area contributed by atoms with Crippen LogP contribution in [0.1, 0.15) is 56.9 Å². The Hall–Kier alpha value is -4.05. The van der Waals surface area contributed by atoms with Gasteiger partial charge in [-0.05, 0) is 82.1 Å². The molecule has 230 valence electrons. The summed E-state index contributed by atoms with van der Waals surface area (Å²) >= 11 is 7.55. The number of aromatic nitrogens is 4. The lowest BCUT2D eigenvalue weighted by atomic mass is 9.90. The van der Waals surface area contributed by atoms with Gasteiger partial charge in [0.05, 0.1) is 33.2 Å². The number of carbonyl (C=O) groups excluding carboxylic acids is 1. The number of alkyl halides is 2. The minimum atomic E-state index is -2.76. The number of rotatable bonds is 7. The molecule has 0 saturated carbocycles. The van der Waals surface area contributed by atoms with Gasteiger partial charge >= 0.3 is 0 Å². The Labute approximate surface area is 268 Å². The first-order valence-corrected chi connectivity index (χ1v) is 15.6. The van der Waals surface area contributed by atoms with Crippen LogP contribution in [-0.2, 0) is 16.6 Å². The highest BCUT2D eigenvalue weighted by Gasteiger charge is 2.31. The van der Waals surface area contributed by atoms with E-state index in [1.165, 1.54) is 24.5 Å². The van der Waals surface area contributed by atoms with Crippen molar-refractivity contribution in [3.05, 3.63) is 88.7 Å². The van der Waals surface area contributed by atoms with Crippen molar-refractivity contribution >= 4 is 49.8 Å². The molecule has 0 aliphatic carbocycles. The molecule has 0 saturated heterocycles. The molecule has 0 unspecified atom stereocenters. The number of benzene rings is 3. The Morgan fingerprint density at radius 3 is 2.40 bits per heavy atom. The molecule has 0 spiro atoms. The number of hydrogen-bond donors (Lipinski definition) is 0. The SMILES string of the molecule is CC(=O)[C@@H](OC(C)(C)C)c1c(C)cc2nc(-c3cc(-c4ccc5c(cnn5C)c4)ncc3C(F)F)sc2c1-c1ccc(Cl)cc1. The fourth-order valence-corrected chi connectivity index (χ4v) is 6.86. The number of hydrogen-bond acceptors (Lipinski definition) is 6. The van der Waals surface area contributed by atoms with E-state index < -0.39 is 18.1 Å². The Bertz CT molecular complexity index is 2080. The summed E-state index contributed by atoms with van der Waals surface area (Å²) in [7, 11) is 1.86. The first-order valence-electron chi connectivity index (χ1n) is 14.4. The molecule has 6 aromatic rings. The van der Waals surface area contributed by atoms with Gasteiger partial charge in [0.15, 0.2) is 5.78 Å². The second-order valence-corrected chi connectivity index (χ2v) is 13.5. The molecule has 6 rings (SSSR count). The molecule has 0 radical (unpaired) electrons. The zero-order valence-electron chi connectivity index (χ0n) is 25.7. The highest BCUT2D eigenvalue weighted by Crippen LogP contribution is 2.46. The van der Waals surface area contributed by atoms with Crippen LogP contribution < -0.4 is 0 Å². The number of ether oxygens (including phenoxy) is 1. The van der Waals surface area contributed by atoms with Gasteiger partial charge in [0.2, 0.25) is 0 Å². The number of nitrogens with zero attached hydrogens (tertiary/aromatic N) is 4. The molecule has 1 atom stereocenters. The summed E-state index contributed by atoms with van der Waals surface area (Å²) < 4.78 is 37.7. The lowest BCUT2D eigenvalue weighted by Crippen LogP contribution is -2.27. The molecule has 0 aliphatic heterocycles. The Balaban J connectivity index is 1.59. The summed E-state index contributed by atoms with van der Waals surface area (Å²) in [6, 6.07) is 16.7. The molecule has 3 heterocycles. The predicted octanol–water partition coefficient (Wildman–Crippen LogP) is 9.92. The van der Waals surface area contributed by atoms with E-state index in [1.54, 1.807) is 29.1 Å². The van der Waals surface area contributed by atoms with Crippen LogP contribution in [0.15, 0.2) is 67.0 Å². The predicted molar refractivity (Wildman–Crippen MR) is 177 cm³/mol. The van der Waals surface area contributed by atoms with E-state index in [0.29, 0.717) is 26.8 Å². The fourth-order valence-electron chi connectivity index (χ4n) is 5.57. The highest BCUT2D eigenvalue weighted by molar-refractivity contribution is 7.22. The van der Waals surface area contributed by atoms with E-state index >= 15 is 0 Å². The Morgan fingerprint density at radius 1 is 1.02 bits per heavy atom. The monoisotopic (exact) mass is 644 g/mol. The second kappa shape index (κ2) is 11.7. The summed E-state index contributed by atoms with van der Waals surface area (Å²) in [5.74, 6) is -0.142. The van der Waals surface area contributed by atoms with Crippen molar-refractivity contribution in [2.45, 2.75) is 52.7 Å². The second-order valence-electron chi connectivity index (χ2n) is 12.1. The lowest BCUT2D eigenvalue weighted by molar-refractivity contribution is -0.138. The third-order valence-corrected chi connectivity index (χ3v) is 8.98. The smallest absolute Gasteiger partial charge is 0.266 e. The average molecular weight is 645 g/mol. The van der Waals surface area contributed by atoms with Crippen molar-refractivity contribution in [2.75, 3.05) is 0 Å². The van der Waals surface area contributed by atoms with Gasteiger partial charge in [-0.25, -0.2) is 13.8 Å². The number of pyridine rings is 1. The maximum atomic E-state index is 14.4. The first kappa shape index (κ1) is 31.0. The van der Waals surface area contributed by atoms with Crippen LogP contribution in [0.4, 0.5) is 8.78 Å². The van der Waals surface area contributed by atoms with Gasteiger partial charge in [0.25, 0.3) is 6.43 Å². The quantitative estimate of drug-likeness (QED) is 0.173. The van der Waals surface area contributed by atoms with Gasteiger partial charge in [-0.1, -0.05) is 29.8 Å². The van der Waals surface area contributed by atoms with Crippen molar-refractivity contribution in [2.24, 2.45) is 7.05 Å². The van der Waals surface area contributed by atoms with Crippen LogP contribution in [0.3, 0.4) is 0 Å². The minimum absolute atomic E-state index is 0.142. The molecular formula is C35H31ClF2N4O2S. The van der Waals surface area contributed by atoms with Crippen LogP contribution in [-0.4, -0.2) is 31.1 Å². The maximum absolute atomic E-state index is 14.4. The molecule has 10 heteroatoms. The number of fused-ring (bicyclic) bond motifs is 2. The Kier molecular flexibility index (Phi) is 8.05. The number of ketones is 1. The van der Waals surface area contributed by atoms with Gasteiger partial charge in [0, 0.05) is 51.5 Å². The summed E-state index contributed by atoms with van der Waals surface area (Å²) in [6.07, 6.45) is -0.618. The van der Waals surface area contributed by atoms with E-state index in [4.69, 9.17) is 21.3 Å². The topological polar surface area (TPSA) is 69.9 Å². The summed E-state index contributed by atoms with van der Waals surface area (Å²) in [4.78, 5) is 22.4. The van der Waals surface area contributed by atoms with Crippen molar-refractivity contribution in [3.63, 3.8) is 0 Å². The molecule has 0 aliphatic rings. The summed E-state index contributed by atoms with van der Waals surface area (Å²) in [6.45, 7) is 9.15. The lowest BCUT2D eigenvalue weighted by Gasteiger charge is -2.29. The summed E-state index contributed by atoms with van der Waals surface area (Å²) in [5, 5.41) is 6.22. The van der Waals surface area contributed by atoms with Crippen molar-refractivity contribution in [1.82, 2.24) is 19.7 Å². The molecule has 0 fully saturated rings. The average Bonchev–Trinajstić information content (AvgIpc) is 3.58. The zero-order valence-corrected chi connectivity index (χ0v) is 27.2. The molecule has 0 N–H and O–H groups in total. The van der Waals surface area contributed by atoms with E-state index in [-0.39, 0.29) is 11.3 Å². The van der Waals surface area contributed by atoms with Crippen molar-refractivity contribution < 1.29 is 18.3 Å². The van der Waals surface area contributed by atoms with E-state index in [1.807, 2.05) is 71.1 Å². The van der Waals surface area contributed by atoms with Gasteiger partial charge in [0.1, 0.15) is 11.1 Å². The van der Waals surface area contributed by atoms with Crippen molar-refractivity contribution in [1.29, 1.82) is 0 Å². The van der Waals surface area contributed by atoms with Crippen LogP contribution in [0, 0.1) is 6.92 Å².